The molecule has 0 saturated carbocycles. The molecule has 0 unspecified atom stereocenters. The largest absolute Gasteiger partial charge is 0.120 e. The quantitative estimate of drug-likeness (QED) is 0.364. The minimum absolute atomic E-state index is 0.132. The molecule has 0 bridgehead atoms. The summed E-state index contributed by atoms with van der Waals surface area (Å²) in [4.78, 5) is 0. The van der Waals surface area contributed by atoms with Gasteiger partial charge < -0.3 is 0 Å². The molecule has 0 atom stereocenters. The first kappa shape index (κ1) is 0.755. The van der Waals surface area contributed by atoms with Crippen LogP contribution < -0.4 is 0 Å². The van der Waals surface area contributed by atoms with Crippen molar-refractivity contribution in [3.8, 4) is 12.3 Å². The summed E-state index contributed by atoms with van der Waals surface area (Å²) in [6.07, 6.45) is 4.57. The smallest absolute Gasteiger partial charge is 0.0240 e. The average molecular weight is 57.1 g/mol. The molecule has 0 fully saturated rings. The highest BCUT2D eigenvalue weighted by Crippen LogP contribution is 1.58. The van der Waals surface area contributed by atoms with Crippen LogP contribution in [0.4, 0.5) is 0 Å². The van der Waals surface area contributed by atoms with E-state index < -0.39 is 6.85 Å². The minimum atomic E-state index is -1.94. The topological polar surface area (TPSA) is 0 Å². The van der Waals surface area contributed by atoms with Gasteiger partial charge in [0, 0.05) is 10.5 Å². The summed E-state index contributed by atoms with van der Waals surface area (Å²) in [5.74, 6) is 2.05. The van der Waals surface area contributed by atoms with Crippen LogP contribution in [0.3, 0.4) is 0 Å². The van der Waals surface area contributed by atoms with Crippen LogP contribution in [0.1, 0.15) is 17.4 Å². The van der Waals surface area contributed by atoms with Crippen LogP contribution in [-0.2, 0) is 0 Å². The van der Waals surface area contributed by atoms with E-state index in [-0.39, 0.29) is 6.42 Å². The van der Waals surface area contributed by atoms with Crippen molar-refractivity contribution >= 4 is 0 Å². The zero-order chi connectivity index (χ0) is 5.91. The van der Waals surface area contributed by atoms with E-state index in [4.69, 9.17) is 10.5 Å². The summed E-state index contributed by atoms with van der Waals surface area (Å²) in [6, 6.07) is 0. The van der Waals surface area contributed by atoms with Crippen molar-refractivity contribution in [3.05, 3.63) is 0 Å². The lowest BCUT2D eigenvalue weighted by atomic mass is 10.5. The highest BCUT2D eigenvalue weighted by atomic mass is 13.5. The van der Waals surface area contributed by atoms with Crippen LogP contribution in [0, 0.1) is 12.3 Å². The van der Waals surface area contributed by atoms with Crippen LogP contribution >= 0.6 is 0 Å². The molecule has 0 saturated heterocycles. The molecule has 0 aliphatic rings. The molecule has 0 aromatic carbocycles. The van der Waals surface area contributed by atoms with Crippen molar-refractivity contribution < 1.29 is 4.11 Å². The molecule has 22 valence electrons. The summed E-state index contributed by atoms with van der Waals surface area (Å²) < 4.78 is 19.6. The molecule has 0 heteroatoms. The van der Waals surface area contributed by atoms with E-state index in [2.05, 4.69) is 0 Å². The predicted octanol–water partition coefficient (Wildman–Crippen LogP) is 1.03. The fourth-order valence-electron chi connectivity index (χ4n) is 0. The second kappa shape index (κ2) is 2.56. The number of terminal acetylenes is 1. The molecular formula is C4H6. The van der Waals surface area contributed by atoms with Gasteiger partial charge in [-0.05, 0) is 0 Å². The van der Waals surface area contributed by atoms with Crippen molar-refractivity contribution in [1.82, 2.24) is 0 Å². The third kappa shape index (κ3) is 1.56. The number of hydrogen-bond acceptors (Lipinski definition) is 0. The van der Waals surface area contributed by atoms with Crippen LogP contribution in [0.2, 0.25) is 0 Å². The molecule has 0 N–H and O–H groups in total. The van der Waals surface area contributed by atoms with E-state index >= 15 is 0 Å². The Balaban J connectivity index is 3.40. The lowest BCUT2D eigenvalue weighted by molar-refractivity contribution is 1.28. The SMILES string of the molecule is [2H]C([2H])([2H])CC#C. The molecule has 0 aliphatic heterocycles. The highest BCUT2D eigenvalue weighted by Gasteiger charge is 1.43. The molecule has 0 aromatic rings. The van der Waals surface area contributed by atoms with Gasteiger partial charge in [0.05, 0.1) is 0 Å². The highest BCUT2D eigenvalue weighted by molar-refractivity contribution is 4.80. The Labute approximate surface area is 31.0 Å². The lowest BCUT2D eigenvalue weighted by Crippen LogP contribution is -1.38. The monoisotopic (exact) mass is 57.1 g/mol. The van der Waals surface area contributed by atoms with Crippen LogP contribution in [-0.4, -0.2) is 0 Å². The summed E-state index contributed by atoms with van der Waals surface area (Å²) >= 11 is 0. The molecule has 0 aliphatic carbocycles. The maximum absolute atomic E-state index is 6.52. The molecule has 0 heterocycles. The van der Waals surface area contributed by atoms with E-state index in [0.29, 0.717) is 0 Å². The second-order valence-electron chi connectivity index (χ2n) is 0.381. The normalized spacial score (nSPS) is 19.2. The van der Waals surface area contributed by atoms with Gasteiger partial charge in [-0.2, -0.15) is 0 Å². The Morgan fingerprint density at radius 3 is 3.25 bits per heavy atom. The summed E-state index contributed by atoms with van der Waals surface area (Å²) in [5, 5.41) is 0. The summed E-state index contributed by atoms with van der Waals surface area (Å²) in [7, 11) is 0. The zero-order valence-corrected chi connectivity index (χ0v) is 2.28. The van der Waals surface area contributed by atoms with Crippen LogP contribution in [0.25, 0.3) is 0 Å². The number of hydrogen-bond donors (Lipinski definition) is 0. The van der Waals surface area contributed by atoms with Crippen molar-refractivity contribution in [1.29, 1.82) is 0 Å². The van der Waals surface area contributed by atoms with Gasteiger partial charge in [0.15, 0.2) is 0 Å². The van der Waals surface area contributed by atoms with Crippen molar-refractivity contribution in [2.75, 3.05) is 0 Å². The van der Waals surface area contributed by atoms with Gasteiger partial charge in [0.25, 0.3) is 0 Å². The number of rotatable bonds is 0. The van der Waals surface area contributed by atoms with Gasteiger partial charge in [-0.3, -0.25) is 0 Å². The summed E-state index contributed by atoms with van der Waals surface area (Å²) in [6.45, 7) is -1.94. The first-order valence-electron chi connectivity index (χ1n) is 2.50. The second-order valence-corrected chi connectivity index (χ2v) is 0.381. The van der Waals surface area contributed by atoms with E-state index in [1.54, 1.807) is 0 Å². The van der Waals surface area contributed by atoms with Crippen molar-refractivity contribution in [2.24, 2.45) is 0 Å². The fraction of sp³-hybridized carbons (Fsp3) is 0.500. The predicted molar refractivity (Wildman–Crippen MR) is 19.1 cm³/mol. The molecule has 0 aromatic heterocycles. The third-order valence-corrected chi connectivity index (χ3v) is 0.102. The van der Waals surface area contributed by atoms with Gasteiger partial charge in [0.2, 0.25) is 0 Å². The molecule has 4 heavy (non-hydrogen) atoms. The van der Waals surface area contributed by atoms with Gasteiger partial charge in [0.1, 0.15) is 0 Å². The first-order chi connectivity index (χ1) is 3.06. The Hall–Kier alpha value is -0.440. The molecule has 0 spiro atoms. The van der Waals surface area contributed by atoms with Crippen LogP contribution in [0.15, 0.2) is 0 Å². The van der Waals surface area contributed by atoms with Crippen LogP contribution in [0.5, 0.6) is 0 Å². The first-order valence-corrected chi connectivity index (χ1v) is 0.996. The summed E-state index contributed by atoms with van der Waals surface area (Å²) in [5.41, 5.74) is 0. The fourth-order valence-corrected chi connectivity index (χ4v) is 0. The zero-order valence-electron chi connectivity index (χ0n) is 5.28. The van der Waals surface area contributed by atoms with Crippen molar-refractivity contribution in [2.45, 2.75) is 13.3 Å². The average Bonchev–Trinajstić information content (AvgIpc) is 1.30. The van der Waals surface area contributed by atoms with E-state index in [0.717, 1.165) is 0 Å². The van der Waals surface area contributed by atoms with Gasteiger partial charge in [-0.1, -0.05) is 6.85 Å². The molecule has 0 radical (unpaired) electrons. The Morgan fingerprint density at radius 2 is 3.25 bits per heavy atom. The van der Waals surface area contributed by atoms with Crippen molar-refractivity contribution in [3.63, 3.8) is 0 Å². The maximum Gasteiger partial charge on any atom is 0.0240 e. The molecule has 0 amide bonds. The molecule has 0 rings (SSSR count). The standard InChI is InChI=1S/C4H6/c1-3-4-2/h1H,4H2,2H3/i2D3. The minimum Gasteiger partial charge on any atom is -0.120 e. The Morgan fingerprint density at radius 1 is 2.50 bits per heavy atom. The van der Waals surface area contributed by atoms with Gasteiger partial charge in [-0.15, -0.1) is 12.3 Å². The third-order valence-electron chi connectivity index (χ3n) is 0.102. The van der Waals surface area contributed by atoms with Gasteiger partial charge >= 0.3 is 0 Å². The van der Waals surface area contributed by atoms with Gasteiger partial charge in [-0.25, -0.2) is 0 Å². The Bertz CT molecular complexity index is 84.1. The van der Waals surface area contributed by atoms with E-state index in [1.165, 1.54) is 0 Å². The maximum atomic E-state index is 6.52. The Kier molecular flexibility index (Phi) is 0.483. The molecular weight excluding hydrogens is 48.0 g/mol. The van der Waals surface area contributed by atoms with E-state index in [1.807, 2.05) is 5.92 Å². The molecule has 0 nitrogen and oxygen atoms in total. The lowest BCUT2D eigenvalue weighted by Gasteiger charge is -1.52. The van der Waals surface area contributed by atoms with E-state index in [9.17, 15) is 0 Å².